The van der Waals surface area contributed by atoms with Crippen LogP contribution in [-0.4, -0.2) is 39.5 Å². The highest BCUT2D eigenvalue weighted by molar-refractivity contribution is 5.73. The number of nitrogens with one attached hydrogen (secondary N) is 1. The van der Waals surface area contributed by atoms with Crippen molar-refractivity contribution < 1.29 is 4.79 Å². The maximum atomic E-state index is 11.6. The van der Waals surface area contributed by atoms with E-state index in [2.05, 4.69) is 64.1 Å². The highest BCUT2D eigenvalue weighted by Crippen LogP contribution is 2.29. The van der Waals surface area contributed by atoms with Crippen LogP contribution in [0.4, 0.5) is 0 Å². The summed E-state index contributed by atoms with van der Waals surface area (Å²) in [4.78, 5) is 18.6. The minimum absolute atomic E-state index is 0.0384. The van der Waals surface area contributed by atoms with Gasteiger partial charge in [-0.15, -0.1) is 0 Å². The zero-order chi connectivity index (χ0) is 17.8. The standard InChI is InChI=1S/C20H28N4O/c1-4-10-24-11-9-21-20(24)14-23-12-18(19(13-23)22-16(3)25)17-7-5-15(2)6-8-17/h5-9,11,18-19H,4,10,12-14H2,1-3H3,(H,22,25)/t18-,19+/m1/s1. The van der Waals surface area contributed by atoms with Gasteiger partial charge in [0.2, 0.25) is 5.91 Å². The van der Waals surface area contributed by atoms with E-state index in [1.165, 1.54) is 11.1 Å². The fraction of sp³-hybridized carbons (Fsp3) is 0.500. The van der Waals surface area contributed by atoms with Crippen molar-refractivity contribution in [2.75, 3.05) is 13.1 Å². The van der Waals surface area contributed by atoms with Crippen molar-refractivity contribution in [3.8, 4) is 0 Å². The van der Waals surface area contributed by atoms with Gasteiger partial charge >= 0.3 is 0 Å². The van der Waals surface area contributed by atoms with Crippen LogP contribution in [0.1, 0.15) is 43.1 Å². The van der Waals surface area contributed by atoms with Crippen LogP contribution in [0.5, 0.6) is 0 Å². The number of benzene rings is 1. The molecule has 5 heteroatoms. The van der Waals surface area contributed by atoms with Gasteiger partial charge in [0.15, 0.2) is 0 Å². The second kappa shape index (κ2) is 7.83. The number of imidazole rings is 1. The lowest BCUT2D eigenvalue weighted by atomic mass is 9.93. The number of aromatic nitrogens is 2. The molecule has 3 rings (SSSR count). The first kappa shape index (κ1) is 17.7. The van der Waals surface area contributed by atoms with Crippen molar-refractivity contribution >= 4 is 5.91 Å². The average molecular weight is 340 g/mol. The van der Waals surface area contributed by atoms with Crippen LogP contribution in [-0.2, 0) is 17.9 Å². The molecule has 1 aromatic carbocycles. The molecule has 1 aliphatic rings. The second-order valence-electron chi connectivity index (χ2n) is 7.06. The first-order valence-electron chi connectivity index (χ1n) is 9.13. The zero-order valence-corrected chi connectivity index (χ0v) is 15.4. The molecule has 134 valence electrons. The fourth-order valence-electron chi connectivity index (χ4n) is 3.71. The van der Waals surface area contributed by atoms with E-state index in [4.69, 9.17) is 0 Å². The van der Waals surface area contributed by atoms with E-state index in [0.29, 0.717) is 5.92 Å². The van der Waals surface area contributed by atoms with Crippen molar-refractivity contribution in [2.24, 2.45) is 0 Å². The average Bonchev–Trinajstić information content (AvgIpc) is 3.16. The predicted octanol–water partition coefficient (Wildman–Crippen LogP) is 2.71. The summed E-state index contributed by atoms with van der Waals surface area (Å²) in [5.74, 6) is 1.46. The molecular formula is C20H28N4O. The summed E-state index contributed by atoms with van der Waals surface area (Å²) in [6.07, 6.45) is 5.03. The molecule has 0 radical (unpaired) electrons. The Labute approximate surface area is 150 Å². The number of nitrogens with zero attached hydrogens (tertiary/aromatic N) is 3. The van der Waals surface area contributed by atoms with Gasteiger partial charge in [0.1, 0.15) is 5.82 Å². The maximum Gasteiger partial charge on any atom is 0.217 e. The summed E-state index contributed by atoms with van der Waals surface area (Å²) < 4.78 is 2.23. The van der Waals surface area contributed by atoms with E-state index in [0.717, 1.165) is 38.4 Å². The van der Waals surface area contributed by atoms with Gasteiger partial charge in [-0.1, -0.05) is 36.8 Å². The van der Waals surface area contributed by atoms with E-state index in [1.807, 2.05) is 6.20 Å². The molecule has 2 aromatic rings. The number of amides is 1. The lowest BCUT2D eigenvalue weighted by Crippen LogP contribution is -2.38. The highest BCUT2D eigenvalue weighted by atomic mass is 16.1. The molecule has 0 saturated carbocycles. The van der Waals surface area contributed by atoms with Crippen LogP contribution in [0.3, 0.4) is 0 Å². The number of aryl methyl sites for hydroxylation is 2. The number of likely N-dealkylation sites (tertiary alicyclic amines) is 1. The highest BCUT2D eigenvalue weighted by Gasteiger charge is 2.34. The van der Waals surface area contributed by atoms with Gasteiger partial charge in [0, 0.05) is 50.9 Å². The van der Waals surface area contributed by atoms with Gasteiger partial charge < -0.3 is 9.88 Å². The molecule has 1 fully saturated rings. The smallest absolute Gasteiger partial charge is 0.217 e. The van der Waals surface area contributed by atoms with Crippen LogP contribution >= 0.6 is 0 Å². The largest absolute Gasteiger partial charge is 0.352 e. The van der Waals surface area contributed by atoms with Crippen molar-refractivity contribution in [1.29, 1.82) is 0 Å². The van der Waals surface area contributed by atoms with E-state index in [-0.39, 0.29) is 11.9 Å². The number of carbonyl (C=O) groups excluding carboxylic acids is 1. The van der Waals surface area contributed by atoms with Crippen molar-refractivity contribution in [3.63, 3.8) is 0 Å². The van der Waals surface area contributed by atoms with Crippen LogP contribution < -0.4 is 5.32 Å². The topological polar surface area (TPSA) is 50.2 Å². The lowest BCUT2D eigenvalue weighted by Gasteiger charge is -2.19. The number of carbonyl (C=O) groups is 1. The Morgan fingerprint density at radius 2 is 2.04 bits per heavy atom. The summed E-state index contributed by atoms with van der Waals surface area (Å²) in [5.41, 5.74) is 2.56. The predicted molar refractivity (Wildman–Crippen MR) is 99.3 cm³/mol. The van der Waals surface area contributed by atoms with Gasteiger partial charge in [-0.3, -0.25) is 9.69 Å². The molecule has 5 nitrogen and oxygen atoms in total. The molecule has 25 heavy (non-hydrogen) atoms. The third kappa shape index (κ3) is 4.28. The number of rotatable bonds is 6. The molecule has 2 atom stereocenters. The van der Waals surface area contributed by atoms with Gasteiger partial charge in [-0.2, -0.15) is 0 Å². The zero-order valence-electron chi connectivity index (χ0n) is 15.4. The molecule has 1 aromatic heterocycles. The number of hydrogen-bond donors (Lipinski definition) is 1. The van der Waals surface area contributed by atoms with Crippen LogP contribution in [0, 0.1) is 6.92 Å². The molecule has 1 aliphatic heterocycles. The van der Waals surface area contributed by atoms with Crippen LogP contribution in [0.15, 0.2) is 36.7 Å². The van der Waals surface area contributed by atoms with Crippen LogP contribution in [0.2, 0.25) is 0 Å². The first-order valence-corrected chi connectivity index (χ1v) is 9.13. The Morgan fingerprint density at radius 1 is 1.28 bits per heavy atom. The molecule has 0 bridgehead atoms. The van der Waals surface area contributed by atoms with E-state index in [9.17, 15) is 4.79 Å². The number of hydrogen-bond acceptors (Lipinski definition) is 3. The van der Waals surface area contributed by atoms with E-state index >= 15 is 0 Å². The summed E-state index contributed by atoms with van der Waals surface area (Å²) in [7, 11) is 0. The minimum Gasteiger partial charge on any atom is -0.352 e. The SMILES string of the molecule is CCCn1ccnc1CN1C[C@H](NC(C)=O)[C@@H](c2ccc(C)cc2)C1. The van der Waals surface area contributed by atoms with E-state index < -0.39 is 0 Å². The van der Waals surface area contributed by atoms with Gasteiger partial charge in [0.05, 0.1) is 6.54 Å². The maximum absolute atomic E-state index is 11.6. The third-order valence-electron chi connectivity index (χ3n) is 4.92. The van der Waals surface area contributed by atoms with Crippen molar-refractivity contribution in [3.05, 3.63) is 53.6 Å². The quantitative estimate of drug-likeness (QED) is 0.880. The molecule has 0 spiro atoms. The summed E-state index contributed by atoms with van der Waals surface area (Å²) in [6, 6.07) is 8.83. The summed E-state index contributed by atoms with van der Waals surface area (Å²) in [5, 5.41) is 3.15. The first-order chi connectivity index (χ1) is 12.1. The van der Waals surface area contributed by atoms with E-state index in [1.54, 1.807) is 6.92 Å². The Kier molecular flexibility index (Phi) is 5.53. The van der Waals surface area contributed by atoms with Crippen LogP contribution in [0.25, 0.3) is 0 Å². The Hall–Kier alpha value is -2.14. The van der Waals surface area contributed by atoms with Gasteiger partial charge in [0.25, 0.3) is 0 Å². The van der Waals surface area contributed by atoms with Crippen molar-refractivity contribution in [2.45, 2.75) is 52.2 Å². The molecule has 2 heterocycles. The molecule has 0 unspecified atom stereocenters. The lowest BCUT2D eigenvalue weighted by molar-refractivity contribution is -0.119. The Morgan fingerprint density at radius 3 is 2.72 bits per heavy atom. The Balaban J connectivity index is 1.75. The summed E-state index contributed by atoms with van der Waals surface area (Å²) >= 11 is 0. The molecule has 1 saturated heterocycles. The van der Waals surface area contributed by atoms with Crippen molar-refractivity contribution in [1.82, 2.24) is 19.8 Å². The molecule has 1 amide bonds. The van der Waals surface area contributed by atoms with Gasteiger partial charge in [-0.25, -0.2) is 4.98 Å². The summed E-state index contributed by atoms with van der Waals surface area (Å²) in [6.45, 7) is 9.50. The normalized spacial score (nSPS) is 20.8. The molecular weight excluding hydrogens is 312 g/mol. The minimum atomic E-state index is 0.0384. The second-order valence-corrected chi connectivity index (χ2v) is 7.06. The Bertz CT molecular complexity index is 707. The molecule has 0 aliphatic carbocycles. The van der Waals surface area contributed by atoms with Gasteiger partial charge in [-0.05, 0) is 18.9 Å². The fourth-order valence-corrected chi connectivity index (χ4v) is 3.71. The third-order valence-corrected chi connectivity index (χ3v) is 4.92. The molecule has 1 N–H and O–H groups in total. The monoisotopic (exact) mass is 340 g/mol.